The summed E-state index contributed by atoms with van der Waals surface area (Å²) in [6, 6.07) is 0. The molecule has 0 aromatic rings. The Labute approximate surface area is 230 Å². The zero-order valence-electron chi connectivity index (χ0n) is 24.6. The number of esters is 2. The van der Waals surface area contributed by atoms with E-state index in [0.717, 1.165) is 63.2 Å². The minimum absolute atomic E-state index is 0.00739. The van der Waals surface area contributed by atoms with Crippen molar-refractivity contribution in [1.82, 2.24) is 0 Å². The minimum atomic E-state index is -0.335. The molecule has 214 valence electrons. The van der Waals surface area contributed by atoms with Gasteiger partial charge in [-0.15, -0.1) is 0 Å². The summed E-state index contributed by atoms with van der Waals surface area (Å²) in [5.41, 5.74) is -0.216. The van der Waals surface area contributed by atoms with Crippen molar-refractivity contribution in [2.75, 3.05) is 6.79 Å². The van der Waals surface area contributed by atoms with Crippen LogP contribution in [-0.2, 0) is 23.8 Å². The third kappa shape index (κ3) is 5.19. The van der Waals surface area contributed by atoms with Crippen molar-refractivity contribution in [3.8, 4) is 0 Å². The number of hydrogen-bond acceptors (Lipinski definition) is 5. The van der Waals surface area contributed by atoms with Gasteiger partial charge in [-0.05, 0) is 130 Å². The van der Waals surface area contributed by atoms with Crippen molar-refractivity contribution in [3.05, 3.63) is 0 Å². The highest BCUT2D eigenvalue weighted by Gasteiger charge is 2.68. The lowest BCUT2D eigenvalue weighted by Crippen LogP contribution is -2.49. The van der Waals surface area contributed by atoms with E-state index in [2.05, 4.69) is 34.6 Å². The zero-order chi connectivity index (χ0) is 26.9. The highest BCUT2D eigenvalue weighted by molar-refractivity contribution is 5.82. The molecule has 0 aromatic heterocycles. The van der Waals surface area contributed by atoms with E-state index in [4.69, 9.17) is 14.2 Å². The monoisotopic (exact) mass is 528 g/mol. The first-order valence-corrected chi connectivity index (χ1v) is 15.9. The minimum Gasteiger partial charge on any atom is -0.462 e. The van der Waals surface area contributed by atoms with E-state index in [1.54, 1.807) is 0 Å². The Kier molecular flexibility index (Phi) is 6.96. The third-order valence-corrected chi connectivity index (χ3v) is 11.9. The van der Waals surface area contributed by atoms with Gasteiger partial charge in [-0.3, -0.25) is 9.59 Å². The second-order valence-corrected chi connectivity index (χ2v) is 16.4. The lowest BCUT2D eigenvalue weighted by Gasteiger charge is -2.53. The topological polar surface area (TPSA) is 61.8 Å². The molecule has 0 amide bonds. The molecule has 0 aliphatic heterocycles. The highest BCUT2D eigenvalue weighted by Crippen LogP contribution is 2.68. The average Bonchev–Trinajstić information content (AvgIpc) is 3.39. The number of carbonyl (C=O) groups is 2. The summed E-state index contributed by atoms with van der Waals surface area (Å²) in [6.07, 6.45) is 14.7. The third-order valence-electron chi connectivity index (χ3n) is 11.9. The molecular weight excluding hydrogens is 476 g/mol. The standard InChI is InChI=1S/C33H52O5/c1-31(2,3)17-33(18-32(33,4)5)30(35)38-27-9-8-22-6-7-23(15-24(22)16-27)29(34)37-19-36-28-25-11-20-10-21(13-25)14-26(28)12-20/h20-28H,6-19H2,1-5H3. The highest BCUT2D eigenvalue weighted by atomic mass is 16.7. The number of hydrogen-bond donors (Lipinski definition) is 0. The van der Waals surface area contributed by atoms with Crippen LogP contribution in [0.5, 0.6) is 0 Å². The number of rotatable bonds is 7. The van der Waals surface area contributed by atoms with Gasteiger partial charge in [0.25, 0.3) is 0 Å². The maximum Gasteiger partial charge on any atom is 0.312 e. The van der Waals surface area contributed by atoms with Crippen LogP contribution >= 0.6 is 0 Å². The van der Waals surface area contributed by atoms with Crippen LogP contribution in [0.2, 0.25) is 0 Å². The van der Waals surface area contributed by atoms with Crippen molar-refractivity contribution in [2.45, 2.75) is 130 Å². The summed E-state index contributed by atoms with van der Waals surface area (Å²) >= 11 is 0. The fraction of sp³-hybridized carbons (Fsp3) is 0.939. The summed E-state index contributed by atoms with van der Waals surface area (Å²) in [6.45, 7) is 11.2. The van der Waals surface area contributed by atoms with Gasteiger partial charge in [-0.1, -0.05) is 34.6 Å². The van der Waals surface area contributed by atoms with Crippen LogP contribution in [0.15, 0.2) is 0 Å². The van der Waals surface area contributed by atoms with E-state index < -0.39 is 0 Å². The van der Waals surface area contributed by atoms with E-state index >= 15 is 0 Å². The summed E-state index contributed by atoms with van der Waals surface area (Å²) in [4.78, 5) is 26.5. The smallest absolute Gasteiger partial charge is 0.312 e. The largest absolute Gasteiger partial charge is 0.462 e. The maximum atomic E-state index is 13.5. The Hall–Kier alpha value is -1.10. The number of fused-ring (bicyclic) bond motifs is 1. The normalized spacial score (nSPS) is 44.8. The second kappa shape index (κ2) is 9.77. The average molecular weight is 529 g/mol. The van der Waals surface area contributed by atoms with Crippen molar-refractivity contribution in [3.63, 3.8) is 0 Å². The van der Waals surface area contributed by atoms with E-state index in [9.17, 15) is 9.59 Å². The van der Waals surface area contributed by atoms with Gasteiger partial charge in [-0.25, -0.2) is 0 Å². The molecule has 5 atom stereocenters. The SMILES string of the molecule is CC(C)(C)CC1(C(=O)OC2CCC3CCC(C(=O)OCOC4C5CC6CC(C5)CC4C6)CC3C2)CC1(C)C. The summed E-state index contributed by atoms with van der Waals surface area (Å²) in [5.74, 6) is 4.23. The van der Waals surface area contributed by atoms with Gasteiger partial charge in [0.05, 0.1) is 17.4 Å². The van der Waals surface area contributed by atoms with Crippen molar-refractivity contribution < 1.29 is 23.8 Å². The lowest BCUT2D eigenvalue weighted by atomic mass is 9.55. The molecule has 7 fully saturated rings. The predicted molar refractivity (Wildman–Crippen MR) is 146 cm³/mol. The van der Waals surface area contributed by atoms with Gasteiger partial charge in [-0.2, -0.15) is 0 Å². The van der Waals surface area contributed by atoms with Crippen LogP contribution in [0, 0.1) is 57.7 Å². The molecule has 4 bridgehead atoms. The van der Waals surface area contributed by atoms with E-state index in [0.29, 0.717) is 29.8 Å². The van der Waals surface area contributed by atoms with Crippen LogP contribution in [0.4, 0.5) is 0 Å². The van der Waals surface area contributed by atoms with Gasteiger partial charge < -0.3 is 14.2 Å². The molecule has 0 saturated heterocycles. The summed E-state index contributed by atoms with van der Waals surface area (Å²) < 4.78 is 18.2. The van der Waals surface area contributed by atoms with Gasteiger partial charge in [0, 0.05) is 0 Å². The molecule has 0 heterocycles. The molecule has 0 aromatic carbocycles. The Balaban J connectivity index is 0.978. The number of carbonyl (C=O) groups excluding carboxylic acids is 2. The van der Waals surface area contributed by atoms with Crippen LogP contribution < -0.4 is 0 Å². The quantitative estimate of drug-likeness (QED) is 0.256. The van der Waals surface area contributed by atoms with E-state index in [1.807, 2.05) is 0 Å². The van der Waals surface area contributed by atoms with Crippen LogP contribution in [0.3, 0.4) is 0 Å². The molecule has 0 radical (unpaired) electrons. The van der Waals surface area contributed by atoms with Crippen LogP contribution in [-0.4, -0.2) is 30.9 Å². The first-order valence-electron chi connectivity index (χ1n) is 15.9. The van der Waals surface area contributed by atoms with Crippen LogP contribution in [0.25, 0.3) is 0 Å². The Morgan fingerprint density at radius 2 is 1.42 bits per heavy atom. The summed E-state index contributed by atoms with van der Waals surface area (Å²) in [5, 5.41) is 0. The first-order chi connectivity index (χ1) is 17.9. The molecule has 7 aliphatic rings. The maximum absolute atomic E-state index is 13.5. The molecular formula is C33H52O5. The fourth-order valence-electron chi connectivity index (χ4n) is 10.2. The van der Waals surface area contributed by atoms with Crippen molar-refractivity contribution >= 4 is 11.9 Å². The van der Waals surface area contributed by atoms with Crippen LogP contribution in [0.1, 0.15) is 118 Å². The van der Waals surface area contributed by atoms with Gasteiger partial charge in [0.2, 0.25) is 0 Å². The molecule has 0 N–H and O–H groups in total. The molecule has 0 spiro atoms. The predicted octanol–water partition coefficient (Wildman–Crippen LogP) is 7.31. The Morgan fingerprint density at radius 1 is 0.789 bits per heavy atom. The lowest BCUT2D eigenvalue weighted by molar-refractivity contribution is -0.191. The molecule has 5 unspecified atom stereocenters. The second-order valence-electron chi connectivity index (χ2n) is 16.4. The van der Waals surface area contributed by atoms with Gasteiger partial charge in [0.1, 0.15) is 6.10 Å². The fourth-order valence-corrected chi connectivity index (χ4v) is 10.2. The number of ether oxygens (including phenoxy) is 3. The summed E-state index contributed by atoms with van der Waals surface area (Å²) in [7, 11) is 0. The first kappa shape index (κ1) is 27.1. The van der Waals surface area contributed by atoms with Crippen molar-refractivity contribution in [2.24, 2.45) is 57.7 Å². The zero-order valence-corrected chi connectivity index (χ0v) is 24.6. The molecule has 38 heavy (non-hydrogen) atoms. The molecule has 7 saturated carbocycles. The van der Waals surface area contributed by atoms with Gasteiger partial charge >= 0.3 is 11.9 Å². The molecule has 5 nitrogen and oxygen atoms in total. The van der Waals surface area contributed by atoms with E-state index in [-0.39, 0.29) is 47.0 Å². The van der Waals surface area contributed by atoms with Crippen molar-refractivity contribution in [1.29, 1.82) is 0 Å². The molecule has 7 rings (SSSR count). The Morgan fingerprint density at radius 3 is 2.03 bits per heavy atom. The molecule has 7 aliphatic carbocycles. The Bertz CT molecular complexity index is 889. The van der Waals surface area contributed by atoms with Gasteiger partial charge in [0.15, 0.2) is 6.79 Å². The molecule has 5 heteroatoms. The van der Waals surface area contributed by atoms with E-state index in [1.165, 1.54) is 32.1 Å².